The number of rotatable bonds is 4. The molecule has 0 spiro atoms. The van der Waals surface area contributed by atoms with E-state index in [0.717, 1.165) is 13.1 Å². The molecule has 1 fully saturated rings. The molecule has 24 heavy (non-hydrogen) atoms. The first-order valence-corrected chi connectivity index (χ1v) is 7.50. The fourth-order valence-corrected chi connectivity index (χ4v) is 2.57. The largest absolute Gasteiger partial charge is 0.353 e. The zero-order valence-corrected chi connectivity index (χ0v) is 13.1. The Labute approximate surface area is 138 Å². The van der Waals surface area contributed by atoms with Crippen LogP contribution in [0.5, 0.6) is 0 Å². The first-order valence-electron chi connectivity index (χ1n) is 7.50. The van der Waals surface area contributed by atoms with Gasteiger partial charge in [-0.25, -0.2) is 14.4 Å². The van der Waals surface area contributed by atoms with Crippen LogP contribution < -0.4 is 10.2 Å². The van der Waals surface area contributed by atoms with Crippen LogP contribution in [-0.2, 0) is 0 Å². The Hall–Kier alpha value is -2.81. The van der Waals surface area contributed by atoms with Gasteiger partial charge in [-0.3, -0.25) is 10.1 Å². The molecule has 0 radical (unpaired) electrons. The lowest BCUT2D eigenvalue weighted by molar-refractivity contribution is -0.383. The highest BCUT2D eigenvalue weighted by Gasteiger charge is 2.29. The van der Waals surface area contributed by atoms with Gasteiger partial charge in [0.05, 0.1) is 10.6 Å². The van der Waals surface area contributed by atoms with Crippen LogP contribution in [0.4, 0.5) is 27.4 Å². The molecular formula is C15H17FN6O2. The summed E-state index contributed by atoms with van der Waals surface area (Å²) in [6.07, 6.45) is 1.25. The van der Waals surface area contributed by atoms with Gasteiger partial charge in [-0.1, -0.05) is 12.1 Å². The zero-order chi connectivity index (χ0) is 17.1. The number of nitrogens with one attached hydrogen (secondary N) is 1. The Bertz CT molecular complexity index is 748. The number of likely N-dealkylation sites (N-methyl/N-ethyl adjacent to an activating group) is 1. The van der Waals surface area contributed by atoms with E-state index in [9.17, 15) is 14.5 Å². The SMILES string of the molecule is CN1CCN(c2ncnc(Nc3ccccc3F)c2[N+](=O)[O-])CC1. The van der Waals surface area contributed by atoms with Crippen LogP contribution in [0, 0.1) is 15.9 Å². The second-order valence-electron chi connectivity index (χ2n) is 5.55. The Balaban J connectivity index is 1.97. The number of para-hydroxylation sites is 1. The number of hydrogen-bond acceptors (Lipinski definition) is 7. The molecule has 0 atom stereocenters. The van der Waals surface area contributed by atoms with Gasteiger partial charge in [0.25, 0.3) is 0 Å². The Morgan fingerprint density at radius 3 is 2.58 bits per heavy atom. The van der Waals surface area contributed by atoms with Crippen LogP contribution in [0.25, 0.3) is 0 Å². The summed E-state index contributed by atoms with van der Waals surface area (Å²) >= 11 is 0. The van der Waals surface area contributed by atoms with Crippen molar-refractivity contribution >= 4 is 23.0 Å². The number of nitro groups is 1. The van der Waals surface area contributed by atoms with Crippen LogP contribution in [0.2, 0.25) is 0 Å². The standard InChI is InChI=1S/C15H17FN6O2/c1-20-6-8-21(9-7-20)15-13(22(23)24)14(17-10-18-15)19-12-5-3-2-4-11(12)16/h2-5,10H,6-9H2,1H3,(H,17,18,19). The molecule has 2 aromatic rings. The smallest absolute Gasteiger partial charge is 0.348 e. The number of hydrogen-bond donors (Lipinski definition) is 1. The first-order chi connectivity index (χ1) is 11.6. The maximum absolute atomic E-state index is 13.8. The summed E-state index contributed by atoms with van der Waals surface area (Å²) in [6.45, 7) is 2.84. The Kier molecular flexibility index (Phi) is 4.52. The van der Waals surface area contributed by atoms with Crippen LogP contribution in [0.15, 0.2) is 30.6 Å². The Morgan fingerprint density at radius 1 is 1.21 bits per heavy atom. The van der Waals surface area contributed by atoms with Crippen LogP contribution in [0.3, 0.4) is 0 Å². The zero-order valence-electron chi connectivity index (χ0n) is 13.1. The van der Waals surface area contributed by atoms with Crippen LogP contribution in [0.1, 0.15) is 0 Å². The second-order valence-corrected chi connectivity index (χ2v) is 5.55. The molecule has 0 unspecified atom stereocenters. The molecule has 3 rings (SSSR count). The van der Waals surface area contributed by atoms with Crippen molar-refractivity contribution in [2.75, 3.05) is 43.4 Å². The van der Waals surface area contributed by atoms with Crippen molar-refractivity contribution in [3.05, 3.63) is 46.5 Å². The minimum atomic E-state index is -0.531. The van der Waals surface area contributed by atoms with Crippen molar-refractivity contribution in [2.24, 2.45) is 0 Å². The number of nitrogens with zero attached hydrogens (tertiary/aromatic N) is 5. The maximum atomic E-state index is 13.8. The third-order valence-corrected chi connectivity index (χ3v) is 3.92. The summed E-state index contributed by atoms with van der Waals surface area (Å²) in [5, 5.41) is 14.3. The van der Waals surface area contributed by atoms with Crippen molar-refractivity contribution in [3.63, 3.8) is 0 Å². The Morgan fingerprint density at radius 2 is 1.92 bits per heavy atom. The van der Waals surface area contributed by atoms with E-state index in [2.05, 4.69) is 20.2 Å². The minimum absolute atomic E-state index is 0.0194. The van der Waals surface area contributed by atoms with Gasteiger partial charge in [0.1, 0.15) is 12.1 Å². The van der Waals surface area contributed by atoms with Crippen molar-refractivity contribution < 1.29 is 9.31 Å². The third-order valence-electron chi connectivity index (χ3n) is 3.92. The van der Waals surface area contributed by atoms with E-state index in [-0.39, 0.29) is 23.0 Å². The van der Waals surface area contributed by atoms with Gasteiger partial charge in [-0.15, -0.1) is 0 Å². The fourth-order valence-electron chi connectivity index (χ4n) is 2.57. The molecular weight excluding hydrogens is 315 g/mol. The van der Waals surface area contributed by atoms with Crippen molar-refractivity contribution in [3.8, 4) is 0 Å². The molecule has 1 aromatic heterocycles. The number of benzene rings is 1. The first kappa shape index (κ1) is 16.1. The van der Waals surface area contributed by atoms with Gasteiger partial charge in [-0.05, 0) is 19.2 Å². The summed E-state index contributed by atoms with van der Waals surface area (Å²) in [5.74, 6) is -0.275. The average Bonchev–Trinajstić information content (AvgIpc) is 2.57. The summed E-state index contributed by atoms with van der Waals surface area (Å²) in [7, 11) is 2.00. The molecule has 2 heterocycles. The van der Waals surface area contributed by atoms with Crippen molar-refractivity contribution in [1.29, 1.82) is 0 Å². The van der Waals surface area contributed by atoms with Crippen LogP contribution in [-0.4, -0.2) is 53.0 Å². The topological polar surface area (TPSA) is 87.4 Å². The molecule has 1 aliphatic rings. The lowest BCUT2D eigenvalue weighted by atomic mass is 10.3. The van der Waals surface area contributed by atoms with Gasteiger partial charge in [0.15, 0.2) is 0 Å². The lowest BCUT2D eigenvalue weighted by Crippen LogP contribution is -2.45. The van der Waals surface area contributed by atoms with Gasteiger partial charge >= 0.3 is 5.69 Å². The monoisotopic (exact) mass is 332 g/mol. The molecule has 1 aliphatic heterocycles. The van der Waals surface area contributed by atoms with Gasteiger partial charge in [0.2, 0.25) is 11.6 Å². The van der Waals surface area contributed by atoms with Gasteiger partial charge < -0.3 is 15.1 Å². The number of anilines is 3. The summed E-state index contributed by atoms with van der Waals surface area (Å²) in [6, 6.07) is 5.96. The van der Waals surface area contributed by atoms with Gasteiger partial charge in [-0.2, -0.15) is 0 Å². The molecule has 0 bridgehead atoms. The molecule has 0 amide bonds. The maximum Gasteiger partial charge on any atom is 0.353 e. The molecule has 126 valence electrons. The van der Waals surface area contributed by atoms with E-state index in [1.54, 1.807) is 12.1 Å². The van der Waals surface area contributed by atoms with E-state index in [1.165, 1.54) is 18.5 Å². The van der Waals surface area contributed by atoms with Crippen molar-refractivity contribution in [2.45, 2.75) is 0 Å². The predicted molar refractivity (Wildman–Crippen MR) is 88.1 cm³/mol. The van der Waals surface area contributed by atoms with E-state index >= 15 is 0 Å². The highest BCUT2D eigenvalue weighted by molar-refractivity contribution is 5.74. The van der Waals surface area contributed by atoms with E-state index < -0.39 is 10.7 Å². The average molecular weight is 332 g/mol. The predicted octanol–water partition coefficient (Wildman–Crippen LogP) is 2.02. The molecule has 1 N–H and O–H groups in total. The summed E-state index contributed by atoms with van der Waals surface area (Å²) in [5.41, 5.74) is -0.117. The quantitative estimate of drug-likeness (QED) is 0.677. The summed E-state index contributed by atoms with van der Waals surface area (Å²) in [4.78, 5) is 23.1. The third kappa shape index (κ3) is 3.25. The fraction of sp³-hybridized carbons (Fsp3) is 0.333. The van der Waals surface area contributed by atoms with E-state index in [1.807, 2.05) is 11.9 Å². The number of halogens is 1. The normalized spacial score (nSPS) is 15.3. The molecule has 0 saturated carbocycles. The lowest BCUT2D eigenvalue weighted by Gasteiger charge is -2.32. The molecule has 8 nitrogen and oxygen atoms in total. The van der Waals surface area contributed by atoms with Gasteiger partial charge in [0, 0.05) is 26.2 Å². The van der Waals surface area contributed by atoms with E-state index in [0.29, 0.717) is 13.1 Å². The van der Waals surface area contributed by atoms with E-state index in [4.69, 9.17) is 0 Å². The summed E-state index contributed by atoms with van der Waals surface area (Å²) < 4.78 is 13.8. The molecule has 1 saturated heterocycles. The molecule has 9 heteroatoms. The minimum Gasteiger partial charge on any atom is -0.348 e. The number of piperazine rings is 1. The van der Waals surface area contributed by atoms with Crippen LogP contribution >= 0.6 is 0 Å². The molecule has 0 aliphatic carbocycles. The highest BCUT2D eigenvalue weighted by Crippen LogP contribution is 2.34. The van der Waals surface area contributed by atoms with Crippen molar-refractivity contribution in [1.82, 2.24) is 14.9 Å². The second kappa shape index (κ2) is 6.75. The highest BCUT2D eigenvalue weighted by atomic mass is 19.1. The number of aromatic nitrogens is 2. The molecule has 1 aromatic carbocycles.